The molecule has 0 spiro atoms. The maximum absolute atomic E-state index is 9.37. The van der Waals surface area contributed by atoms with Crippen LogP contribution in [-0.2, 0) is 6.54 Å². The molecule has 2 rings (SSSR count). The molecule has 0 amide bonds. The van der Waals surface area contributed by atoms with E-state index in [1.165, 1.54) is 0 Å². The largest absolute Gasteiger partial charge is 0.503 e. The van der Waals surface area contributed by atoms with Gasteiger partial charge in [0.2, 0.25) is 6.20 Å². The minimum Gasteiger partial charge on any atom is -0.503 e. The predicted octanol–water partition coefficient (Wildman–Crippen LogP) is 1.74. The van der Waals surface area contributed by atoms with Crippen molar-refractivity contribution < 1.29 is 14.4 Å². The maximum atomic E-state index is 9.37. The molecule has 1 N–H and O–H groups in total. The molecule has 3 heteroatoms. The summed E-state index contributed by atoms with van der Waals surface area (Å²) in [4.78, 5) is 0. The minimum absolute atomic E-state index is 0.261. The van der Waals surface area contributed by atoms with Crippen LogP contribution in [0.25, 0.3) is 0 Å². The Balaban J connectivity index is 2.26. The van der Waals surface area contributed by atoms with E-state index in [0.717, 1.165) is 11.3 Å². The average molecular weight is 216 g/mol. The number of ether oxygens (including phenoxy) is 1. The lowest BCUT2D eigenvalue weighted by molar-refractivity contribution is -0.688. The zero-order chi connectivity index (χ0) is 11.4. The van der Waals surface area contributed by atoms with Crippen LogP contribution >= 0.6 is 0 Å². The number of pyridine rings is 1. The van der Waals surface area contributed by atoms with E-state index in [1.54, 1.807) is 19.4 Å². The van der Waals surface area contributed by atoms with Crippen molar-refractivity contribution in [3.63, 3.8) is 0 Å². The van der Waals surface area contributed by atoms with Gasteiger partial charge in [0.05, 0.1) is 12.7 Å². The molecule has 1 heterocycles. The van der Waals surface area contributed by atoms with Gasteiger partial charge >= 0.3 is 0 Å². The monoisotopic (exact) mass is 216 g/mol. The molecule has 1 aromatic carbocycles. The van der Waals surface area contributed by atoms with Crippen LogP contribution in [0.1, 0.15) is 5.56 Å². The first kappa shape index (κ1) is 10.5. The number of hydrogen-bond donors (Lipinski definition) is 1. The lowest BCUT2D eigenvalue weighted by Crippen LogP contribution is -2.33. The van der Waals surface area contributed by atoms with Gasteiger partial charge in [-0.2, -0.15) is 4.57 Å². The molecule has 0 aliphatic carbocycles. The van der Waals surface area contributed by atoms with Gasteiger partial charge in [0.15, 0.2) is 18.5 Å². The second-order valence-electron chi connectivity index (χ2n) is 3.55. The normalized spacial score (nSPS) is 10.1. The molecule has 1 aromatic heterocycles. The summed E-state index contributed by atoms with van der Waals surface area (Å²) >= 11 is 0. The molecule has 2 aromatic rings. The third kappa shape index (κ3) is 2.31. The smallest absolute Gasteiger partial charge is 0.211 e. The SMILES string of the molecule is COc1ccccc1C[n+]1cccc(O)c1. The molecule has 0 atom stereocenters. The van der Waals surface area contributed by atoms with Crippen molar-refractivity contribution in [2.45, 2.75) is 6.54 Å². The Bertz CT molecular complexity index is 483. The number of hydrogen-bond acceptors (Lipinski definition) is 2. The van der Waals surface area contributed by atoms with Gasteiger partial charge in [-0.25, -0.2) is 0 Å². The molecule has 3 nitrogen and oxygen atoms in total. The zero-order valence-electron chi connectivity index (χ0n) is 9.13. The standard InChI is InChI=1S/C13H13NO2/c1-16-13-7-3-2-5-11(13)9-14-8-4-6-12(15)10-14/h2-8,10H,9H2,1H3/p+1. The molecule has 0 saturated heterocycles. The molecule has 0 fully saturated rings. The molecular formula is C13H14NO2+. The predicted molar refractivity (Wildman–Crippen MR) is 60.4 cm³/mol. The number of aromatic nitrogens is 1. The summed E-state index contributed by atoms with van der Waals surface area (Å²) in [5, 5.41) is 9.37. The van der Waals surface area contributed by atoms with Crippen LogP contribution in [0.2, 0.25) is 0 Å². The quantitative estimate of drug-likeness (QED) is 0.793. The highest BCUT2D eigenvalue weighted by Gasteiger charge is 2.08. The third-order valence-corrected chi connectivity index (χ3v) is 2.39. The fourth-order valence-electron chi connectivity index (χ4n) is 1.64. The Morgan fingerprint density at radius 2 is 2.00 bits per heavy atom. The summed E-state index contributed by atoms with van der Waals surface area (Å²) in [6.07, 6.45) is 3.60. The van der Waals surface area contributed by atoms with E-state index in [0.29, 0.717) is 6.54 Å². The molecule has 0 saturated carbocycles. The van der Waals surface area contributed by atoms with E-state index in [-0.39, 0.29) is 5.75 Å². The van der Waals surface area contributed by atoms with E-state index in [9.17, 15) is 5.11 Å². The van der Waals surface area contributed by atoms with Crippen LogP contribution in [0.4, 0.5) is 0 Å². The number of aromatic hydroxyl groups is 1. The van der Waals surface area contributed by atoms with Crippen molar-refractivity contribution in [1.29, 1.82) is 0 Å². The van der Waals surface area contributed by atoms with Crippen molar-refractivity contribution in [3.8, 4) is 11.5 Å². The van der Waals surface area contributed by atoms with Gasteiger partial charge < -0.3 is 9.84 Å². The number of rotatable bonds is 3. The Morgan fingerprint density at radius 3 is 2.75 bits per heavy atom. The van der Waals surface area contributed by atoms with E-state index in [2.05, 4.69) is 0 Å². The van der Waals surface area contributed by atoms with Gasteiger partial charge in [-0.1, -0.05) is 12.1 Å². The van der Waals surface area contributed by atoms with Crippen molar-refractivity contribution in [2.24, 2.45) is 0 Å². The summed E-state index contributed by atoms with van der Waals surface area (Å²) in [5.41, 5.74) is 1.08. The van der Waals surface area contributed by atoms with Gasteiger partial charge in [-0.15, -0.1) is 0 Å². The summed E-state index contributed by atoms with van der Waals surface area (Å²) in [6.45, 7) is 0.679. The highest BCUT2D eigenvalue weighted by Crippen LogP contribution is 2.16. The van der Waals surface area contributed by atoms with Crippen LogP contribution in [0.3, 0.4) is 0 Å². The first-order valence-corrected chi connectivity index (χ1v) is 5.09. The van der Waals surface area contributed by atoms with E-state index in [4.69, 9.17) is 4.74 Å². The fraction of sp³-hybridized carbons (Fsp3) is 0.154. The van der Waals surface area contributed by atoms with E-state index >= 15 is 0 Å². The molecule has 16 heavy (non-hydrogen) atoms. The molecule has 0 unspecified atom stereocenters. The van der Waals surface area contributed by atoms with E-state index < -0.39 is 0 Å². The minimum atomic E-state index is 0.261. The molecule has 0 radical (unpaired) electrons. The number of nitrogens with zero attached hydrogens (tertiary/aromatic N) is 1. The van der Waals surface area contributed by atoms with Crippen LogP contribution < -0.4 is 9.30 Å². The molecule has 0 aliphatic rings. The molecule has 0 aliphatic heterocycles. The van der Waals surface area contributed by atoms with Gasteiger partial charge in [0, 0.05) is 6.07 Å². The summed E-state index contributed by atoms with van der Waals surface area (Å²) in [7, 11) is 1.66. The number of methoxy groups -OCH3 is 1. The highest BCUT2D eigenvalue weighted by molar-refractivity contribution is 5.32. The Hall–Kier alpha value is -2.03. The zero-order valence-corrected chi connectivity index (χ0v) is 9.13. The Morgan fingerprint density at radius 1 is 1.19 bits per heavy atom. The van der Waals surface area contributed by atoms with Crippen molar-refractivity contribution in [2.75, 3.05) is 7.11 Å². The van der Waals surface area contributed by atoms with E-state index in [1.807, 2.05) is 41.1 Å². The van der Waals surface area contributed by atoms with Gasteiger partial charge in [0.25, 0.3) is 0 Å². The highest BCUT2D eigenvalue weighted by atomic mass is 16.5. The third-order valence-electron chi connectivity index (χ3n) is 2.39. The second-order valence-corrected chi connectivity index (χ2v) is 3.55. The average Bonchev–Trinajstić information content (AvgIpc) is 2.30. The number of benzene rings is 1. The fourth-order valence-corrected chi connectivity index (χ4v) is 1.64. The summed E-state index contributed by atoms with van der Waals surface area (Å²) in [6, 6.07) is 11.3. The Labute approximate surface area is 94.6 Å². The van der Waals surface area contributed by atoms with Crippen molar-refractivity contribution in [1.82, 2.24) is 0 Å². The Kier molecular flexibility index (Phi) is 3.05. The molecule has 0 bridgehead atoms. The maximum Gasteiger partial charge on any atom is 0.211 e. The lowest BCUT2D eigenvalue weighted by Gasteiger charge is -2.04. The number of para-hydroxylation sites is 1. The summed E-state index contributed by atoms with van der Waals surface area (Å²) in [5.74, 6) is 1.12. The lowest BCUT2D eigenvalue weighted by atomic mass is 10.2. The van der Waals surface area contributed by atoms with Gasteiger partial charge in [-0.05, 0) is 18.2 Å². The molecular weight excluding hydrogens is 202 g/mol. The second kappa shape index (κ2) is 4.66. The topological polar surface area (TPSA) is 33.3 Å². The van der Waals surface area contributed by atoms with Crippen molar-refractivity contribution in [3.05, 3.63) is 54.4 Å². The van der Waals surface area contributed by atoms with Crippen LogP contribution in [-0.4, -0.2) is 12.2 Å². The summed E-state index contributed by atoms with van der Waals surface area (Å²) < 4.78 is 7.18. The van der Waals surface area contributed by atoms with Gasteiger partial charge in [-0.3, -0.25) is 0 Å². The first-order valence-electron chi connectivity index (χ1n) is 5.09. The van der Waals surface area contributed by atoms with Crippen molar-refractivity contribution >= 4 is 0 Å². The van der Waals surface area contributed by atoms with Crippen LogP contribution in [0.5, 0.6) is 11.5 Å². The van der Waals surface area contributed by atoms with Gasteiger partial charge in [0.1, 0.15) is 5.75 Å². The molecule has 82 valence electrons. The van der Waals surface area contributed by atoms with Crippen LogP contribution in [0, 0.1) is 0 Å². The van der Waals surface area contributed by atoms with Crippen LogP contribution in [0.15, 0.2) is 48.8 Å². The first-order chi connectivity index (χ1) is 7.79.